The molecular weight excluding hydrogens is 428 g/mol. The minimum absolute atomic E-state index is 0.0950. The summed E-state index contributed by atoms with van der Waals surface area (Å²) in [5.74, 6) is 1.17. The van der Waals surface area contributed by atoms with Gasteiger partial charge in [0.15, 0.2) is 0 Å². The number of amides is 2. The van der Waals surface area contributed by atoms with Gasteiger partial charge in [0.05, 0.1) is 23.9 Å². The molecule has 0 radical (unpaired) electrons. The maximum Gasteiger partial charge on any atom is 0.256 e. The van der Waals surface area contributed by atoms with Gasteiger partial charge in [-0.25, -0.2) is 0 Å². The number of ether oxygens (including phenoxy) is 1. The van der Waals surface area contributed by atoms with E-state index in [0.717, 1.165) is 92.7 Å². The number of hydrogen-bond donors (Lipinski definition) is 0. The zero-order valence-electron chi connectivity index (χ0n) is 20.3. The van der Waals surface area contributed by atoms with E-state index < -0.39 is 0 Å². The molecule has 7 nitrogen and oxygen atoms in total. The highest BCUT2D eigenvalue weighted by molar-refractivity contribution is 6.06. The van der Waals surface area contributed by atoms with Crippen LogP contribution in [0.2, 0.25) is 0 Å². The molecule has 3 aliphatic heterocycles. The second-order valence-corrected chi connectivity index (χ2v) is 9.72. The molecule has 3 aliphatic rings. The molecular formula is C27H34N4O3. The van der Waals surface area contributed by atoms with Crippen molar-refractivity contribution in [3.63, 3.8) is 0 Å². The molecule has 34 heavy (non-hydrogen) atoms. The Labute approximate surface area is 201 Å². The quantitative estimate of drug-likeness (QED) is 0.613. The summed E-state index contributed by atoms with van der Waals surface area (Å²) in [6.45, 7) is 9.82. The van der Waals surface area contributed by atoms with Crippen molar-refractivity contribution in [3.05, 3.63) is 35.4 Å². The minimum atomic E-state index is 0.0950. The van der Waals surface area contributed by atoms with Gasteiger partial charge < -0.3 is 14.5 Å². The fourth-order valence-electron chi connectivity index (χ4n) is 5.29. The highest BCUT2D eigenvalue weighted by atomic mass is 16.5. The molecule has 180 valence electrons. The normalized spacial score (nSPS) is 20.4. The Bertz CT molecular complexity index is 1120. The minimum Gasteiger partial charge on any atom is -0.493 e. The molecule has 1 atom stereocenters. The third-order valence-electron chi connectivity index (χ3n) is 7.37. The Balaban J connectivity index is 1.19. The van der Waals surface area contributed by atoms with Gasteiger partial charge in [-0.15, -0.1) is 0 Å². The summed E-state index contributed by atoms with van der Waals surface area (Å²) in [4.78, 5) is 35.5. The Morgan fingerprint density at radius 1 is 1.06 bits per heavy atom. The Morgan fingerprint density at radius 3 is 2.65 bits per heavy atom. The van der Waals surface area contributed by atoms with Crippen LogP contribution in [0.5, 0.6) is 5.75 Å². The van der Waals surface area contributed by atoms with Crippen molar-refractivity contribution in [1.29, 1.82) is 0 Å². The van der Waals surface area contributed by atoms with E-state index in [1.165, 1.54) is 0 Å². The second kappa shape index (κ2) is 9.74. The van der Waals surface area contributed by atoms with Crippen molar-refractivity contribution in [1.82, 2.24) is 14.7 Å². The van der Waals surface area contributed by atoms with Crippen molar-refractivity contribution in [2.75, 3.05) is 45.9 Å². The number of carbonyl (C=O) groups excluding carboxylic acids is 2. The molecule has 2 amide bonds. The molecule has 2 fully saturated rings. The zero-order valence-corrected chi connectivity index (χ0v) is 20.3. The van der Waals surface area contributed by atoms with E-state index in [-0.39, 0.29) is 17.9 Å². The first-order valence-corrected chi connectivity index (χ1v) is 12.5. The zero-order chi connectivity index (χ0) is 23.7. The third kappa shape index (κ3) is 4.67. The molecule has 7 heteroatoms. The average Bonchev–Trinajstić information content (AvgIpc) is 3.26. The molecule has 2 aromatic rings. The number of fused-ring (bicyclic) bond motifs is 3. The van der Waals surface area contributed by atoms with Crippen LogP contribution in [0.4, 0.5) is 5.69 Å². The van der Waals surface area contributed by atoms with E-state index in [1.807, 2.05) is 28.1 Å². The first-order chi connectivity index (χ1) is 16.5. The molecule has 3 heterocycles. The van der Waals surface area contributed by atoms with Crippen molar-refractivity contribution in [2.45, 2.75) is 45.6 Å². The molecule has 0 bridgehead atoms. The van der Waals surface area contributed by atoms with E-state index in [4.69, 9.17) is 4.74 Å². The number of hydrogen-bond acceptors (Lipinski definition) is 5. The van der Waals surface area contributed by atoms with Crippen molar-refractivity contribution in [2.24, 2.45) is 4.99 Å². The van der Waals surface area contributed by atoms with Crippen LogP contribution in [0.3, 0.4) is 0 Å². The van der Waals surface area contributed by atoms with Crippen molar-refractivity contribution >= 4 is 34.5 Å². The third-order valence-corrected chi connectivity index (χ3v) is 7.37. The van der Waals surface area contributed by atoms with Crippen molar-refractivity contribution < 1.29 is 14.3 Å². The number of aryl methyl sites for hydroxylation is 1. The lowest BCUT2D eigenvalue weighted by atomic mass is 10.0. The molecule has 5 rings (SSSR count). The standard InChI is InChI=1S/C27H34N4O3/c1-19-14-21-15-24-25(28-18-23-6-5-8-31(23)27(24)33)16-22(21)17-26(19)34-13-4-3-7-29-9-11-30(12-10-29)20(2)32/h14-18,23H,3-13H2,1-2H3/t23-/m0/s1. The summed E-state index contributed by atoms with van der Waals surface area (Å²) >= 11 is 0. The van der Waals surface area contributed by atoms with Crippen molar-refractivity contribution in [3.8, 4) is 5.75 Å². The van der Waals surface area contributed by atoms with Gasteiger partial charge in [-0.05, 0) is 79.8 Å². The summed E-state index contributed by atoms with van der Waals surface area (Å²) in [7, 11) is 0. The van der Waals surface area contributed by atoms with E-state index in [1.54, 1.807) is 6.92 Å². The van der Waals surface area contributed by atoms with Crippen LogP contribution in [0.1, 0.15) is 48.5 Å². The lowest BCUT2D eigenvalue weighted by molar-refractivity contribution is -0.130. The molecule has 0 spiro atoms. The Kier molecular flexibility index (Phi) is 6.55. The molecule has 2 aromatic carbocycles. The number of aliphatic imine (C=N–C) groups is 1. The largest absolute Gasteiger partial charge is 0.493 e. The second-order valence-electron chi connectivity index (χ2n) is 9.72. The maximum absolute atomic E-state index is 13.1. The summed E-state index contributed by atoms with van der Waals surface area (Å²) < 4.78 is 6.15. The summed E-state index contributed by atoms with van der Waals surface area (Å²) in [5.41, 5.74) is 2.54. The van der Waals surface area contributed by atoms with Gasteiger partial charge in [-0.1, -0.05) is 0 Å². The van der Waals surface area contributed by atoms with Crippen LogP contribution < -0.4 is 4.74 Å². The fraction of sp³-hybridized carbons (Fsp3) is 0.519. The summed E-state index contributed by atoms with van der Waals surface area (Å²) in [5, 5.41) is 2.10. The van der Waals surface area contributed by atoms with Crippen LogP contribution in [0, 0.1) is 6.92 Å². The Morgan fingerprint density at radius 2 is 1.85 bits per heavy atom. The molecule has 0 aliphatic carbocycles. The highest BCUT2D eigenvalue weighted by Gasteiger charge is 2.31. The maximum atomic E-state index is 13.1. The lowest BCUT2D eigenvalue weighted by Crippen LogP contribution is -2.48. The number of rotatable bonds is 6. The van der Waals surface area contributed by atoms with E-state index >= 15 is 0 Å². The topological polar surface area (TPSA) is 65.5 Å². The predicted molar refractivity (Wildman–Crippen MR) is 134 cm³/mol. The summed E-state index contributed by atoms with van der Waals surface area (Å²) in [6.07, 6.45) is 6.05. The van der Waals surface area contributed by atoms with Gasteiger partial charge >= 0.3 is 0 Å². The van der Waals surface area contributed by atoms with Crippen LogP contribution in [-0.2, 0) is 4.79 Å². The number of unbranched alkanes of at least 4 members (excludes halogenated alkanes) is 1. The first kappa shape index (κ1) is 22.8. The fourth-order valence-corrected chi connectivity index (χ4v) is 5.29. The van der Waals surface area contributed by atoms with Gasteiger partial charge in [-0.2, -0.15) is 0 Å². The monoisotopic (exact) mass is 462 g/mol. The van der Waals surface area contributed by atoms with Gasteiger partial charge in [0, 0.05) is 45.9 Å². The molecule has 0 unspecified atom stereocenters. The summed E-state index contributed by atoms with van der Waals surface area (Å²) in [6, 6.07) is 8.34. The molecule has 0 N–H and O–H groups in total. The van der Waals surface area contributed by atoms with Crippen LogP contribution in [0.15, 0.2) is 29.3 Å². The molecule has 0 aromatic heterocycles. The van der Waals surface area contributed by atoms with Crippen LogP contribution in [0.25, 0.3) is 10.8 Å². The smallest absolute Gasteiger partial charge is 0.256 e. The average molecular weight is 463 g/mol. The predicted octanol–water partition coefficient (Wildman–Crippen LogP) is 3.79. The number of benzene rings is 2. The van der Waals surface area contributed by atoms with Gasteiger partial charge in [0.25, 0.3) is 5.91 Å². The van der Waals surface area contributed by atoms with E-state index in [9.17, 15) is 9.59 Å². The van der Waals surface area contributed by atoms with E-state index in [2.05, 4.69) is 28.9 Å². The van der Waals surface area contributed by atoms with Gasteiger partial charge in [0.1, 0.15) is 5.75 Å². The number of carbonyl (C=O) groups is 2. The SMILES string of the molecule is CC(=O)N1CCN(CCCCOc2cc3cc4c(cc3cc2C)C(=O)N2CCC[C@H]2C=N4)CC1. The molecule has 2 saturated heterocycles. The van der Waals surface area contributed by atoms with Gasteiger partial charge in [0.2, 0.25) is 5.91 Å². The van der Waals surface area contributed by atoms with Crippen LogP contribution >= 0.6 is 0 Å². The Hall–Kier alpha value is -2.93. The first-order valence-electron chi connectivity index (χ1n) is 12.5. The lowest BCUT2D eigenvalue weighted by Gasteiger charge is -2.34. The number of piperazine rings is 1. The number of nitrogens with zero attached hydrogens (tertiary/aromatic N) is 4. The highest BCUT2D eigenvalue weighted by Crippen LogP contribution is 2.34. The van der Waals surface area contributed by atoms with Gasteiger partial charge in [-0.3, -0.25) is 19.5 Å². The molecule has 0 saturated carbocycles. The van der Waals surface area contributed by atoms with E-state index in [0.29, 0.717) is 12.2 Å². The van der Waals surface area contributed by atoms with Crippen LogP contribution in [-0.4, -0.2) is 84.6 Å².